The molecule has 2 aliphatic rings. The third kappa shape index (κ3) is 3.83. The Bertz CT molecular complexity index is 868. The molecule has 1 aliphatic heterocycles. The van der Waals surface area contributed by atoms with Gasteiger partial charge in [-0.3, -0.25) is 9.78 Å². The van der Waals surface area contributed by atoms with Gasteiger partial charge in [0.05, 0.1) is 16.7 Å². The van der Waals surface area contributed by atoms with E-state index in [4.69, 9.17) is 0 Å². The highest BCUT2D eigenvalue weighted by atomic mass is 16.3. The fourth-order valence-electron chi connectivity index (χ4n) is 4.36. The first-order chi connectivity index (χ1) is 13.3. The quantitative estimate of drug-likeness (QED) is 0.848. The van der Waals surface area contributed by atoms with E-state index in [2.05, 4.69) is 27.1 Å². The normalized spacial score (nSPS) is 25.4. The maximum absolute atomic E-state index is 12.7. The van der Waals surface area contributed by atoms with Gasteiger partial charge in [-0.15, -0.1) is 0 Å². The molecule has 1 saturated carbocycles. The van der Waals surface area contributed by atoms with Gasteiger partial charge < -0.3 is 15.3 Å². The lowest BCUT2D eigenvalue weighted by Gasteiger charge is -2.39. The summed E-state index contributed by atoms with van der Waals surface area (Å²) >= 11 is 0. The van der Waals surface area contributed by atoms with E-state index in [9.17, 15) is 9.90 Å². The molecule has 1 saturated heterocycles. The number of carbonyl (C=O) groups excluding carboxylic acids is 1. The van der Waals surface area contributed by atoms with Crippen molar-refractivity contribution in [2.75, 3.05) is 11.4 Å². The number of carbonyl (C=O) groups is 1. The van der Waals surface area contributed by atoms with Crippen molar-refractivity contribution in [2.45, 2.75) is 70.6 Å². The van der Waals surface area contributed by atoms with Gasteiger partial charge in [-0.2, -0.15) is 0 Å². The summed E-state index contributed by atoms with van der Waals surface area (Å²) in [6.07, 6.45) is 8.35. The molecule has 1 atom stereocenters. The lowest BCUT2D eigenvalue weighted by Crippen LogP contribution is -2.46. The number of fused-ring (bicyclic) bond motifs is 1. The van der Waals surface area contributed by atoms with Gasteiger partial charge in [-0.05, 0) is 64.9 Å². The third-order valence-corrected chi connectivity index (χ3v) is 6.49. The predicted molar refractivity (Wildman–Crippen MR) is 110 cm³/mol. The number of pyridine rings is 2. The summed E-state index contributed by atoms with van der Waals surface area (Å²) in [5.74, 6) is 1.18. The molecule has 2 N–H and O–H groups in total. The molecular weight excluding hydrogens is 352 g/mol. The van der Waals surface area contributed by atoms with Crippen LogP contribution in [0, 0.1) is 5.92 Å². The van der Waals surface area contributed by atoms with E-state index >= 15 is 0 Å². The number of hydrogen-bond donors (Lipinski definition) is 2. The molecule has 150 valence electrons. The minimum absolute atomic E-state index is 0.0819. The summed E-state index contributed by atoms with van der Waals surface area (Å²) in [4.78, 5) is 24.0. The molecule has 2 fully saturated rings. The first-order valence-electron chi connectivity index (χ1n) is 10.4. The maximum atomic E-state index is 12.7. The van der Waals surface area contributed by atoms with Crippen molar-refractivity contribution in [1.82, 2.24) is 15.3 Å². The topological polar surface area (TPSA) is 78.4 Å². The summed E-state index contributed by atoms with van der Waals surface area (Å²) in [5, 5.41) is 14.2. The van der Waals surface area contributed by atoms with E-state index in [1.54, 1.807) is 6.20 Å². The molecule has 1 amide bonds. The smallest absolute Gasteiger partial charge is 0.253 e. The Hall–Kier alpha value is -2.21. The summed E-state index contributed by atoms with van der Waals surface area (Å²) in [6, 6.07) is 4.57. The number of hydrogen-bond acceptors (Lipinski definition) is 5. The molecule has 0 radical (unpaired) electrons. The lowest BCUT2D eigenvalue weighted by atomic mass is 9.77. The Labute approximate surface area is 166 Å². The Morgan fingerprint density at radius 3 is 2.50 bits per heavy atom. The Morgan fingerprint density at radius 2 is 1.89 bits per heavy atom. The minimum Gasteiger partial charge on any atom is -0.390 e. The molecule has 0 bridgehead atoms. The van der Waals surface area contributed by atoms with E-state index in [0.717, 1.165) is 48.9 Å². The highest BCUT2D eigenvalue weighted by molar-refractivity contribution is 5.97. The lowest BCUT2D eigenvalue weighted by molar-refractivity contribution is -0.00257. The zero-order valence-corrected chi connectivity index (χ0v) is 17.0. The molecule has 2 aromatic rings. The highest BCUT2D eigenvalue weighted by Gasteiger charge is 2.32. The zero-order valence-electron chi connectivity index (χ0n) is 17.0. The minimum atomic E-state index is -0.642. The van der Waals surface area contributed by atoms with Crippen LogP contribution in [0.15, 0.2) is 24.5 Å². The predicted octanol–water partition coefficient (Wildman–Crippen LogP) is 3.29. The zero-order chi connectivity index (χ0) is 19.9. The van der Waals surface area contributed by atoms with Crippen LogP contribution in [0.2, 0.25) is 0 Å². The second-order valence-electron chi connectivity index (χ2n) is 8.97. The van der Waals surface area contributed by atoms with Crippen molar-refractivity contribution >= 4 is 22.6 Å². The molecule has 0 spiro atoms. The summed E-state index contributed by atoms with van der Waals surface area (Å²) < 4.78 is 0. The molecule has 4 rings (SSSR count). The number of rotatable bonds is 4. The standard InChI is InChI=1S/C22H30N4O2/c1-14-8-9-26(14)20-11-19-15(12-24-20)10-16(13-23-19)21(27)25-18-6-4-17(5-7-18)22(2,3)28/h10-14,17-18,28H,4-9H2,1-3H3,(H,25,27)/t14-,17?,18?/m0/s1. The van der Waals surface area contributed by atoms with Gasteiger partial charge in [-0.1, -0.05) is 0 Å². The number of nitrogens with one attached hydrogen (secondary N) is 1. The van der Waals surface area contributed by atoms with E-state index in [1.807, 2.05) is 32.2 Å². The number of nitrogens with zero attached hydrogens (tertiary/aromatic N) is 3. The second kappa shape index (κ2) is 7.32. The van der Waals surface area contributed by atoms with Gasteiger partial charge >= 0.3 is 0 Å². The van der Waals surface area contributed by atoms with Crippen LogP contribution in [0.3, 0.4) is 0 Å². The molecule has 3 heterocycles. The first-order valence-corrected chi connectivity index (χ1v) is 10.4. The average molecular weight is 383 g/mol. The molecule has 0 aromatic carbocycles. The van der Waals surface area contributed by atoms with E-state index in [0.29, 0.717) is 17.5 Å². The largest absolute Gasteiger partial charge is 0.390 e. The van der Waals surface area contributed by atoms with Gasteiger partial charge in [0.25, 0.3) is 5.91 Å². The summed E-state index contributed by atoms with van der Waals surface area (Å²) in [6.45, 7) is 6.99. The van der Waals surface area contributed by atoms with Gasteiger partial charge in [0.1, 0.15) is 5.82 Å². The van der Waals surface area contributed by atoms with Crippen LogP contribution in [0.25, 0.3) is 10.9 Å². The number of aliphatic hydroxyl groups is 1. The highest BCUT2D eigenvalue weighted by Crippen LogP contribution is 2.32. The van der Waals surface area contributed by atoms with E-state index in [-0.39, 0.29) is 11.9 Å². The van der Waals surface area contributed by atoms with Crippen molar-refractivity contribution in [3.8, 4) is 0 Å². The number of aromatic nitrogens is 2. The SMILES string of the molecule is C[C@H]1CCN1c1cc2ncc(C(=O)NC3CCC(C(C)(C)O)CC3)cc2cn1. The van der Waals surface area contributed by atoms with Gasteiger partial charge in [0.2, 0.25) is 0 Å². The van der Waals surface area contributed by atoms with E-state index in [1.165, 1.54) is 6.42 Å². The van der Waals surface area contributed by atoms with Crippen molar-refractivity contribution in [3.63, 3.8) is 0 Å². The summed E-state index contributed by atoms with van der Waals surface area (Å²) in [7, 11) is 0. The molecule has 6 nitrogen and oxygen atoms in total. The average Bonchev–Trinajstić information content (AvgIpc) is 2.66. The first kappa shape index (κ1) is 19.1. The van der Waals surface area contributed by atoms with Crippen molar-refractivity contribution in [1.29, 1.82) is 0 Å². The number of amides is 1. The van der Waals surface area contributed by atoms with Crippen molar-refractivity contribution in [3.05, 3.63) is 30.1 Å². The summed E-state index contributed by atoms with van der Waals surface area (Å²) in [5.41, 5.74) is 0.798. The molecule has 2 aromatic heterocycles. The third-order valence-electron chi connectivity index (χ3n) is 6.49. The number of anilines is 1. The molecular formula is C22H30N4O2. The van der Waals surface area contributed by atoms with Crippen LogP contribution in [0.4, 0.5) is 5.82 Å². The Kier molecular flexibility index (Phi) is 5.00. The monoisotopic (exact) mass is 382 g/mol. The molecule has 0 unspecified atom stereocenters. The van der Waals surface area contributed by atoms with Crippen LogP contribution >= 0.6 is 0 Å². The Morgan fingerprint density at radius 1 is 1.14 bits per heavy atom. The van der Waals surface area contributed by atoms with Crippen LogP contribution < -0.4 is 10.2 Å². The van der Waals surface area contributed by atoms with Gasteiger partial charge in [0.15, 0.2) is 0 Å². The Balaban J connectivity index is 1.41. The fourth-order valence-corrected chi connectivity index (χ4v) is 4.36. The fraction of sp³-hybridized carbons (Fsp3) is 0.591. The molecule has 28 heavy (non-hydrogen) atoms. The van der Waals surface area contributed by atoms with Gasteiger partial charge in [0, 0.05) is 42.5 Å². The maximum Gasteiger partial charge on any atom is 0.253 e. The second-order valence-corrected chi connectivity index (χ2v) is 8.97. The van der Waals surface area contributed by atoms with Crippen LogP contribution in [-0.4, -0.2) is 45.2 Å². The van der Waals surface area contributed by atoms with E-state index < -0.39 is 5.60 Å². The van der Waals surface area contributed by atoms with Crippen LogP contribution in [-0.2, 0) is 0 Å². The molecule has 6 heteroatoms. The molecule has 1 aliphatic carbocycles. The van der Waals surface area contributed by atoms with Crippen molar-refractivity contribution in [2.24, 2.45) is 5.92 Å². The van der Waals surface area contributed by atoms with Gasteiger partial charge in [-0.25, -0.2) is 4.98 Å². The van der Waals surface area contributed by atoms with Crippen LogP contribution in [0.1, 0.15) is 63.2 Å². The van der Waals surface area contributed by atoms with Crippen LogP contribution in [0.5, 0.6) is 0 Å². The van der Waals surface area contributed by atoms with Crippen molar-refractivity contribution < 1.29 is 9.90 Å².